The van der Waals surface area contributed by atoms with Gasteiger partial charge >= 0.3 is 0 Å². The Morgan fingerprint density at radius 1 is 1.07 bits per heavy atom. The van der Waals surface area contributed by atoms with E-state index in [2.05, 4.69) is 22.0 Å². The van der Waals surface area contributed by atoms with Crippen molar-refractivity contribution in [2.75, 3.05) is 0 Å². The smallest absolute Gasteiger partial charge is 0.206 e. The first-order valence-electron chi connectivity index (χ1n) is 9.29. The standard InChI is InChI=1S/C25H17BrN2O2/c1-28-21-10-6-5-9-19(21)23(24(28)17-7-3-2-4-8-17)25(30)18(15-27)13-16-11-12-22(29)20(26)14-16/h2-14,29H,1H3/b18-13+. The molecule has 0 fully saturated rings. The number of phenols is 1. The molecule has 0 spiro atoms. The molecule has 0 atom stereocenters. The van der Waals surface area contributed by atoms with E-state index < -0.39 is 0 Å². The van der Waals surface area contributed by atoms with Gasteiger partial charge in [0.25, 0.3) is 0 Å². The number of aromatic hydroxyl groups is 1. The summed E-state index contributed by atoms with van der Waals surface area (Å²) in [5.74, 6) is -0.241. The van der Waals surface area contributed by atoms with Crippen LogP contribution in [-0.2, 0) is 7.05 Å². The molecule has 0 unspecified atom stereocenters. The van der Waals surface area contributed by atoms with Gasteiger partial charge in [0.1, 0.15) is 17.4 Å². The second-order valence-electron chi connectivity index (χ2n) is 6.88. The van der Waals surface area contributed by atoms with Crippen molar-refractivity contribution in [3.63, 3.8) is 0 Å². The Labute approximate surface area is 182 Å². The molecule has 3 aromatic carbocycles. The van der Waals surface area contributed by atoms with Gasteiger partial charge in [-0.25, -0.2) is 0 Å². The Hall–Kier alpha value is -3.62. The SMILES string of the molecule is Cn1c(-c2ccccc2)c(C(=O)/C(C#N)=C/c2ccc(O)c(Br)c2)c2ccccc21. The fourth-order valence-electron chi connectivity index (χ4n) is 3.62. The highest BCUT2D eigenvalue weighted by Crippen LogP contribution is 2.35. The maximum Gasteiger partial charge on any atom is 0.206 e. The summed E-state index contributed by atoms with van der Waals surface area (Å²) < 4.78 is 2.49. The number of nitrogens with zero attached hydrogens (tertiary/aromatic N) is 2. The van der Waals surface area contributed by atoms with Crippen LogP contribution in [0.25, 0.3) is 28.2 Å². The summed E-state index contributed by atoms with van der Waals surface area (Å²) >= 11 is 3.27. The number of para-hydroxylation sites is 1. The maximum atomic E-state index is 13.6. The van der Waals surface area contributed by atoms with Gasteiger partial charge in [-0.2, -0.15) is 5.26 Å². The van der Waals surface area contributed by atoms with Crippen LogP contribution in [0.3, 0.4) is 0 Å². The Kier molecular flexibility index (Phi) is 5.26. The third kappa shape index (κ3) is 3.42. The molecule has 1 aromatic heterocycles. The predicted octanol–water partition coefficient (Wildman–Crippen LogP) is 6.10. The summed E-state index contributed by atoms with van der Waals surface area (Å²) in [7, 11) is 1.92. The van der Waals surface area contributed by atoms with Gasteiger partial charge in [-0.1, -0.05) is 54.6 Å². The lowest BCUT2D eigenvalue weighted by molar-refractivity contribution is 0.104. The molecule has 5 heteroatoms. The highest BCUT2D eigenvalue weighted by Gasteiger charge is 2.24. The number of hydrogen-bond donors (Lipinski definition) is 1. The minimum absolute atomic E-state index is 0.0288. The van der Waals surface area contributed by atoms with E-state index in [1.165, 1.54) is 6.07 Å². The van der Waals surface area contributed by atoms with E-state index in [4.69, 9.17) is 0 Å². The van der Waals surface area contributed by atoms with Crippen LogP contribution >= 0.6 is 15.9 Å². The topological polar surface area (TPSA) is 66.0 Å². The minimum atomic E-state index is -0.336. The molecule has 4 nitrogen and oxygen atoms in total. The van der Waals surface area contributed by atoms with E-state index in [1.54, 1.807) is 18.2 Å². The molecule has 0 saturated carbocycles. The number of nitriles is 1. The molecule has 0 radical (unpaired) electrons. The molecule has 146 valence electrons. The molecule has 4 rings (SSSR count). The molecular weight excluding hydrogens is 440 g/mol. The number of rotatable bonds is 4. The van der Waals surface area contributed by atoms with E-state index in [0.717, 1.165) is 22.2 Å². The van der Waals surface area contributed by atoms with Crippen LogP contribution in [0.1, 0.15) is 15.9 Å². The number of aryl methyl sites for hydroxylation is 1. The fourth-order valence-corrected chi connectivity index (χ4v) is 4.02. The van der Waals surface area contributed by atoms with E-state index in [1.807, 2.05) is 66.2 Å². The number of allylic oxidation sites excluding steroid dienone is 1. The largest absolute Gasteiger partial charge is 0.507 e. The minimum Gasteiger partial charge on any atom is -0.507 e. The molecule has 30 heavy (non-hydrogen) atoms. The zero-order chi connectivity index (χ0) is 21.3. The molecule has 0 aliphatic heterocycles. The van der Waals surface area contributed by atoms with Gasteiger partial charge in [-0.3, -0.25) is 4.79 Å². The summed E-state index contributed by atoms with van der Waals surface area (Å²) in [5.41, 5.74) is 3.78. The highest BCUT2D eigenvalue weighted by molar-refractivity contribution is 9.10. The van der Waals surface area contributed by atoms with E-state index in [0.29, 0.717) is 15.6 Å². The number of carbonyl (C=O) groups excluding carboxylic acids is 1. The third-order valence-corrected chi connectivity index (χ3v) is 5.66. The molecule has 1 N–H and O–H groups in total. The van der Waals surface area contributed by atoms with Crippen molar-refractivity contribution in [3.8, 4) is 23.1 Å². The first kappa shape index (κ1) is 19.7. The lowest BCUT2D eigenvalue weighted by Gasteiger charge is -2.08. The number of benzene rings is 3. The lowest BCUT2D eigenvalue weighted by atomic mass is 9.96. The number of ketones is 1. The average Bonchev–Trinajstić information content (AvgIpc) is 3.07. The summed E-state index contributed by atoms with van der Waals surface area (Å²) in [5, 5.41) is 20.3. The molecule has 1 heterocycles. The number of phenolic OH excluding ortho intramolecular Hbond substituents is 1. The van der Waals surface area contributed by atoms with Gasteiger partial charge in [0.15, 0.2) is 0 Å². The average molecular weight is 457 g/mol. The molecule has 0 bridgehead atoms. The van der Waals surface area contributed by atoms with Crippen molar-refractivity contribution in [1.82, 2.24) is 4.57 Å². The molecule has 0 aliphatic carbocycles. The summed E-state index contributed by atoms with van der Waals surface area (Å²) in [6.07, 6.45) is 1.54. The van der Waals surface area contributed by atoms with Crippen molar-refractivity contribution in [2.24, 2.45) is 7.05 Å². The molecule has 0 saturated heterocycles. The van der Waals surface area contributed by atoms with Crippen molar-refractivity contribution in [1.29, 1.82) is 5.26 Å². The van der Waals surface area contributed by atoms with Crippen LogP contribution in [0.4, 0.5) is 0 Å². The van der Waals surface area contributed by atoms with Crippen LogP contribution in [0, 0.1) is 11.3 Å². The van der Waals surface area contributed by atoms with Crippen LogP contribution < -0.4 is 0 Å². The quantitative estimate of drug-likeness (QED) is 0.229. The van der Waals surface area contributed by atoms with Crippen molar-refractivity contribution in [2.45, 2.75) is 0 Å². The second-order valence-corrected chi connectivity index (χ2v) is 7.73. The predicted molar refractivity (Wildman–Crippen MR) is 122 cm³/mol. The van der Waals surface area contributed by atoms with Crippen LogP contribution in [0.5, 0.6) is 5.75 Å². The molecule has 4 aromatic rings. The summed E-state index contributed by atoms with van der Waals surface area (Å²) in [6, 6.07) is 24.3. The third-order valence-electron chi connectivity index (χ3n) is 5.03. The van der Waals surface area contributed by atoms with Crippen LogP contribution in [0.15, 0.2) is 82.8 Å². The normalized spacial score (nSPS) is 11.4. The number of aromatic nitrogens is 1. The number of fused-ring (bicyclic) bond motifs is 1. The zero-order valence-corrected chi connectivity index (χ0v) is 17.7. The van der Waals surface area contributed by atoms with Gasteiger partial charge in [0.2, 0.25) is 5.78 Å². The first-order chi connectivity index (χ1) is 14.5. The van der Waals surface area contributed by atoms with Gasteiger partial charge in [-0.05, 0) is 51.3 Å². The van der Waals surface area contributed by atoms with E-state index >= 15 is 0 Å². The van der Waals surface area contributed by atoms with Crippen molar-refractivity contribution in [3.05, 3.63) is 94.0 Å². The van der Waals surface area contributed by atoms with Gasteiger partial charge in [0.05, 0.1) is 15.7 Å². The van der Waals surface area contributed by atoms with Gasteiger partial charge in [-0.15, -0.1) is 0 Å². The number of hydrogen-bond acceptors (Lipinski definition) is 3. The van der Waals surface area contributed by atoms with Gasteiger partial charge < -0.3 is 9.67 Å². The maximum absolute atomic E-state index is 13.6. The Bertz CT molecular complexity index is 1350. The van der Waals surface area contributed by atoms with Crippen LogP contribution in [-0.4, -0.2) is 15.5 Å². The zero-order valence-electron chi connectivity index (χ0n) is 16.1. The van der Waals surface area contributed by atoms with Crippen molar-refractivity contribution >= 4 is 38.7 Å². The van der Waals surface area contributed by atoms with E-state index in [-0.39, 0.29) is 17.1 Å². The fraction of sp³-hybridized carbons (Fsp3) is 0.0400. The number of carbonyl (C=O) groups is 1. The van der Waals surface area contributed by atoms with E-state index in [9.17, 15) is 15.2 Å². The van der Waals surface area contributed by atoms with Crippen LogP contribution in [0.2, 0.25) is 0 Å². The molecule has 0 aliphatic rings. The Morgan fingerprint density at radius 2 is 1.77 bits per heavy atom. The van der Waals surface area contributed by atoms with Crippen molar-refractivity contribution < 1.29 is 9.90 Å². The second kappa shape index (κ2) is 8.02. The lowest BCUT2D eigenvalue weighted by Crippen LogP contribution is -2.05. The molecule has 0 amide bonds. The number of halogens is 1. The Morgan fingerprint density at radius 3 is 2.47 bits per heavy atom. The highest BCUT2D eigenvalue weighted by atomic mass is 79.9. The molecular formula is C25H17BrN2O2. The van der Waals surface area contributed by atoms with Gasteiger partial charge in [0, 0.05) is 18.0 Å². The summed E-state index contributed by atoms with van der Waals surface area (Å²) in [6.45, 7) is 0. The number of Topliss-reactive ketones (excluding diaryl/α,β-unsaturated/α-hetero) is 1. The Balaban J connectivity index is 1.93. The first-order valence-corrected chi connectivity index (χ1v) is 10.1. The monoisotopic (exact) mass is 456 g/mol. The summed E-state index contributed by atoms with van der Waals surface area (Å²) in [4.78, 5) is 13.6.